The van der Waals surface area contributed by atoms with Gasteiger partial charge in [0, 0.05) is 19.1 Å². The monoisotopic (exact) mass is 466 g/mol. The molecule has 172 valence electrons. The van der Waals surface area contributed by atoms with Crippen LogP contribution in [0.3, 0.4) is 0 Å². The third-order valence-electron chi connectivity index (χ3n) is 5.94. The van der Waals surface area contributed by atoms with Crippen molar-refractivity contribution in [1.82, 2.24) is 9.62 Å². The van der Waals surface area contributed by atoms with Gasteiger partial charge in [-0.15, -0.1) is 0 Å². The lowest BCUT2D eigenvalue weighted by molar-refractivity contribution is -0.0498. The van der Waals surface area contributed by atoms with Crippen molar-refractivity contribution in [3.05, 3.63) is 60.2 Å². The van der Waals surface area contributed by atoms with Gasteiger partial charge in [-0.3, -0.25) is 0 Å². The Bertz CT molecular complexity index is 1020. The van der Waals surface area contributed by atoms with Crippen LogP contribution in [0.25, 0.3) is 0 Å². The number of fused-ring (bicyclic) bond motifs is 1. The largest absolute Gasteiger partial charge is 0.445 e. The summed E-state index contributed by atoms with van der Waals surface area (Å²) in [6, 6.07) is 14.3. The number of hydrogen-bond acceptors (Lipinski definition) is 5. The van der Waals surface area contributed by atoms with Crippen LogP contribution in [0, 0.1) is 11.8 Å². The SMILES string of the molecule is O=C(NC1CC2CN(S(=O)(=O)c3ccc(OC(F)F)cc3)CC2C1)OCc1ccccc1. The quantitative estimate of drug-likeness (QED) is 0.674. The normalized spacial score (nSPS) is 23.2. The van der Waals surface area contributed by atoms with Crippen molar-refractivity contribution in [3.8, 4) is 5.75 Å². The van der Waals surface area contributed by atoms with E-state index in [9.17, 15) is 22.0 Å². The molecule has 2 fully saturated rings. The van der Waals surface area contributed by atoms with Crippen molar-refractivity contribution < 1.29 is 31.5 Å². The Hall–Kier alpha value is -2.72. The number of halogens is 2. The molecule has 1 amide bonds. The number of benzene rings is 2. The number of alkyl halides is 2. The number of ether oxygens (including phenoxy) is 2. The van der Waals surface area contributed by atoms with Crippen LogP contribution in [-0.4, -0.2) is 44.6 Å². The predicted octanol–water partition coefficient (Wildman–Crippen LogP) is 3.61. The lowest BCUT2D eigenvalue weighted by atomic mass is 10.0. The summed E-state index contributed by atoms with van der Waals surface area (Å²) in [5.74, 6) is 0.196. The van der Waals surface area contributed by atoms with Gasteiger partial charge in [-0.25, -0.2) is 13.2 Å². The van der Waals surface area contributed by atoms with Gasteiger partial charge in [0.05, 0.1) is 4.90 Å². The summed E-state index contributed by atoms with van der Waals surface area (Å²) in [6.45, 7) is -2.05. The topological polar surface area (TPSA) is 84.9 Å². The average molecular weight is 467 g/mol. The lowest BCUT2D eigenvalue weighted by Gasteiger charge is -2.20. The van der Waals surface area contributed by atoms with E-state index in [1.165, 1.54) is 28.6 Å². The van der Waals surface area contributed by atoms with Crippen LogP contribution in [-0.2, 0) is 21.4 Å². The minimum absolute atomic E-state index is 0.0401. The molecule has 2 aromatic carbocycles. The number of nitrogens with one attached hydrogen (secondary N) is 1. The van der Waals surface area contributed by atoms with E-state index >= 15 is 0 Å². The van der Waals surface area contributed by atoms with Crippen LogP contribution in [0.15, 0.2) is 59.5 Å². The fourth-order valence-corrected chi connectivity index (χ4v) is 6.00. The van der Waals surface area contributed by atoms with E-state index in [0.717, 1.165) is 5.56 Å². The zero-order chi connectivity index (χ0) is 22.7. The van der Waals surface area contributed by atoms with Gasteiger partial charge in [-0.1, -0.05) is 30.3 Å². The first-order valence-corrected chi connectivity index (χ1v) is 11.8. The molecule has 0 radical (unpaired) electrons. The molecular weight excluding hydrogens is 442 g/mol. The lowest BCUT2D eigenvalue weighted by Crippen LogP contribution is -2.36. The smallest absolute Gasteiger partial charge is 0.407 e. The summed E-state index contributed by atoms with van der Waals surface area (Å²) < 4.78 is 61.4. The zero-order valence-corrected chi connectivity index (χ0v) is 18.0. The highest BCUT2D eigenvalue weighted by atomic mass is 32.2. The van der Waals surface area contributed by atoms with Crippen molar-refractivity contribution in [2.45, 2.75) is 37.0 Å². The van der Waals surface area contributed by atoms with Gasteiger partial charge < -0.3 is 14.8 Å². The Kier molecular flexibility index (Phi) is 6.61. The summed E-state index contributed by atoms with van der Waals surface area (Å²) in [7, 11) is -3.73. The molecule has 2 aliphatic rings. The van der Waals surface area contributed by atoms with Crippen LogP contribution >= 0.6 is 0 Å². The number of carbonyl (C=O) groups is 1. The maximum Gasteiger partial charge on any atom is 0.407 e. The summed E-state index contributed by atoms with van der Waals surface area (Å²) in [5, 5.41) is 2.88. The first-order valence-electron chi connectivity index (χ1n) is 10.3. The van der Waals surface area contributed by atoms with E-state index in [1.807, 2.05) is 30.3 Å². The molecule has 4 rings (SSSR count). The maximum absolute atomic E-state index is 12.9. The molecule has 0 bridgehead atoms. The Morgan fingerprint density at radius 3 is 2.25 bits per heavy atom. The molecule has 1 N–H and O–H groups in total. The van der Waals surface area contributed by atoms with Crippen LogP contribution < -0.4 is 10.1 Å². The zero-order valence-electron chi connectivity index (χ0n) is 17.2. The molecule has 1 aliphatic heterocycles. The van der Waals surface area contributed by atoms with Crippen LogP contribution in [0.5, 0.6) is 5.75 Å². The molecule has 10 heteroatoms. The Morgan fingerprint density at radius 2 is 1.66 bits per heavy atom. The second kappa shape index (κ2) is 9.41. The van der Waals surface area contributed by atoms with E-state index in [-0.39, 0.29) is 35.1 Å². The van der Waals surface area contributed by atoms with Gasteiger partial charge in [-0.2, -0.15) is 13.1 Å². The third kappa shape index (κ3) is 5.18. The van der Waals surface area contributed by atoms with E-state index in [0.29, 0.717) is 25.9 Å². The highest BCUT2D eigenvalue weighted by Gasteiger charge is 2.45. The van der Waals surface area contributed by atoms with Gasteiger partial charge in [0.25, 0.3) is 0 Å². The van der Waals surface area contributed by atoms with Crippen molar-refractivity contribution in [3.63, 3.8) is 0 Å². The summed E-state index contributed by atoms with van der Waals surface area (Å²) >= 11 is 0. The molecule has 2 atom stereocenters. The molecule has 2 aromatic rings. The second-order valence-corrected chi connectivity index (χ2v) is 10.0. The fraction of sp³-hybridized carbons (Fsp3) is 0.409. The molecule has 32 heavy (non-hydrogen) atoms. The van der Waals surface area contributed by atoms with Crippen molar-refractivity contribution >= 4 is 16.1 Å². The molecule has 2 unspecified atom stereocenters. The average Bonchev–Trinajstić information content (AvgIpc) is 3.32. The number of carbonyl (C=O) groups excluding carboxylic acids is 1. The molecule has 1 heterocycles. The fourth-order valence-electron chi connectivity index (χ4n) is 4.44. The molecular formula is C22H24F2N2O5S. The van der Waals surface area contributed by atoms with Gasteiger partial charge >= 0.3 is 12.7 Å². The predicted molar refractivity (Wildman–Crippen MR) is 112 cm³/mol. The van der Waals surface area contributed by atoms with Gasteiger partial charge in [-0.05, 0) is 54.5 Å². The van der Waals surface area contributed by atoms with Crippen molar-refractivity contribution in [2.24, 2.45) is 11.8 Å². The number of alkyl carbamates (subject to hydrolysis) is 1. The number of hydrogen-bond donors (Lipinski definition) is 1. The molecule has 1 aliphatic carbocycles. The highest BCUT2D eigenvalue weighted by molar-refractivity contribution is 7.89. The van der Waals surface area contributed by atoms with E-state index in [4.69, 9.17) is 4.74 Å². The number of sulfonamides is 1. The number of nitrogens with zero attached hydrogens (tertiary/aromatic N) is 1. The summed E-state index contributed by atoms with van der Waals surface area (Å²) in [4.78, 5) is 12.1. The Morgan fingerprint density at radius 1 is 1.03 bits per heavy atom. The standard InChI is InChI=1S/C22H24F2N2O5S/c23-21(24)31-19-6-8-20(9-7-19)32(28,29)26-12-16-10-18(11-17(16)13-26)25-22(27)30-14-15-4-2-1-3-5-15/h1-9,16-18,21H,10-14H2,(H,25,27). The molecule has 0 spiro atoms. The van der Waals surface area contributed by atoms with Crippen LogP contribution in [0.2, 0.25) is 0 Å². The van der Waals surface area contributed by atoms with Crippen LogP contribution in [0.1, 0.15) is 18.4 Å². The van der Waals surface area contributed by atoms with Gasteiger partial charge in [0.15, 0.2) is 0 Å². The summed E-state index contributed by atoms with van der Waals surface area (Å²) in [5.41, 5.74) is 0.903. The minimum atomic E-state index is -3.73. The number of amides is 1. The van der Waals surface area contributed by atoms with Crippen molar-refractivity contribution in [1.29, 1.82) is 0 Å². The Balaban J connectivity index is 1.28. The first-order chi connectivity index (χ1) is 15.3. The molecule has 1 saturated heterocycles. The highest BCUT2D eigenvalue weighted by Crippen LogP contribution is 2.40. The Labute approximate surface area is 185 Å². The first kappa shape index (κ1) is 22.5. The van der Waals surface area contributed by atoms with E-state index in [2.05, 4.69) is 10.1 Å². The third-order valence-corrected chi connectivity index (χ3v) is 7.78. The van der Waals surface area contributed by atoms with E-state index in [1.54, 1.807) is 0 Å². The molecule has 1 saturated carbocycles. The maximum atomic E-state index is 12.9. The second-order valence-electron chi connectivity index (χ2n) is 8.07. The summed E-state index contributed by atoms with van der Waals surface area (Å²) in [6.07, 6.45) is 0.880. The van der Waals surface area contributed by atoms with E-state index < -0.39 is 22.7 Å². The van der Waals surface area contributed by atoms with Gasteiger partial charge in [0.2, 0.25) is 10.0 Å². The van der Waals surface area contributed by atoms with Crippen molar-refractivity contribution in [2.75, 3.05) is 13.1 Å². The molecule has 7 nitrogen and oxygen atoms in total. The minimum Gasteiger partial charge on any atom is -0.445 e. The van der Waals surface area contributed by atoms with Gasteiger partial charge in [0.1, 0.15) is 12.4 Å². The van der Waals surface area contributed by atoms with Crippen LogP contribution in [0.4, 0.5) is 13.6 Å². The number of rotatable bonds is 7. The molecule has 0 aromatic heterocycles.